The smallest absolute Gasteiger partial charge is 0.0237 e. The second-order valence-electron chi connectivity index (χ2n) is 3.79. The summed E-state index contributed by atoms with van der Waals surface area (Å²) in [5, 5.41) is 0. The van der Waals surface area contributed by atoms with Gasteiger partial charge in [0.1, 0.15) is 0 Å². The van der Waals surface area contributed by atoms with Gasteiger partial charge in [-0.05, 0) is 25.5 Å². The van der Waals surface area contributed by atoms with Gasteiger partial charge in [0.25, 0.3) is 0 Å². The van der Waals surface area contributed by atoms with E-state index in [0.717, 1.165) is 13.1 Å². The van der Waals surface area contributed by atoms with Crippen molar-refractivity contribution < 1.29 is 0 Å². The Morgan fingerprint density at radius 2 is 1.93 bits per heavy atom. The Morgan fingerprint density at radius 1 is 1.20 bits per heavy atom. The van der Waals surface area contributed by atoms with E-state index >= 15 is 0 Å². The Morgan fingerprint density at radius 3 is 2.53 bits per heavy atom. The summed E-state index contributed by atoms with van der Waals surface area (Å²) in [6, 6.07) is 10.7. The topological polar surface area (TPSA) is 3.24 Å². The van der Waals surface area contributed by atoms with Gasteiger partial charge < -0.3 is 0 Å². The zero-order valence-corrected chi connectivity index (χ0v) is 9.82. The van der Waals surface area contributed by atoms with Gasteiger partial charge in [-0.1, -0.05) is 49.4 Å². The normalized spacial score (nSPS) is 11.4. The molecule has 0 N–H and O–H groups in total. The van der Waals surface area contributed by atoms with Crippen LogP contribution in [0.15, 0.2) is 42.5 Å². The van der Waals surface area contributed by atoms with E-state index in [1.165, 1.54) is 18.5 Å². The van der Waals surface area contributed by atoms with Gasteiger partial charge in [-0.2, -0.15) is 0 Å². The molecule has 0 amide bonds. The summed E-state index contributed by atoms with van der Waals surface area (Å²) in [7, 11) is 0. The Kier molecular flexibility index (Phi) is 5.79. The first-order valence-electron chi connectivity index (χ1n) is 5.74. The number of hydrogen-bond donors (Lipinski definition) is 0. The summed E-state index contributed by atoms with van der Waals surface area (Å²) in [5.74, 6) is 0. The van der Waals surface area contributed by atoms with E-state index in [9.17, 15) is 0 Å². The third kappa shape index (κ3) is 4.80. The van der Waals surface area contributed by atoms with Gasteiger partial charge in [-0.3, -0.25) is 4.90 Å². The molecule has 82 valence electrons. The lowest BCUT2D eigenvalue weighted by Crippen LogP contribution is -2.24. The maximum absolute atomic E-state index is 2.47. The van der Waals surface area contributed by atoms with Gasteiger partial charge >= 0.3 is 0 Å². The second kappa shape index (κ2) is 7.24. The SMILES string of the molecule is C/C=C/CN(CCC)Cc1ccccc1. The molecule has 0 heterocycles. The highest BCUT2D eigenvalue weighted by Gasteiger charge is 2.01. The summed E-state index contributed by atoms with van der Waals surface area (Å²) in [6.07, 6.45) is 5.55. The number of hydrogen-bond acceptors (Lipinski definition) is 1. The van der Waals surface area contributed by atoms with Crippen molar-refractivity contribution in [2.45, 2.75) is 26.8 Å². The van der Waals surface area contributed by atoms with Crippen LogP contribution in [0.2, 0.25) is 0 Å². The van der Waals surface area contributed by atoms with Crippen LogP contribution in [0.3, 0.4) is 0 Å². The minimum atomic E-state index is 1.05. The van der Waals surface area contributed by atoms with Crippen molar-refractivity contribution in [1.82, 2.24) is 4.90 Å². The molecule has 0 unspecified atom stereocenters. The third-order valence-corrected chi connectivity index (χ3v) is 2.39. The molecular formula is C14H21N. The lowest BCUT2D eigenvalue weighted by Gasteiger charge is -2.19. The number of rotatable bonds is 6. The maximum atomic E-state index is 2.47. The molecule has 0 saturated carbocycles. The van der Waals surface area contributed by atoms with Gasteiger partial charge in [0.05, 0.1) is 0 Å². The quantitative estimate of drug-likeness (QED) is 0.640. The molecule has 1 aromatic rings. The van der Waals surface area contributed by atoms with Crippen molar-refractivity contribution in [3.05, 3.63) is 48.0 Å². The minimum Gasteiger partial charge on any atom is -0.295 e. The van der Waals surface area contributed by atoms with Crippen LogP contribution >= 0.6 is 0 Å². The van der Waals surface area contributed by atoms with Crippen LogP contribution < -0.4 is 0 Å². The molecule has 0 saturated heterocycles. The number of benzene rings is 1. The molecule has 1 nitrogen and oxygen atoms in total. The zero-order chi connectivity index (χ0) is 10.9. The van der Waals surface area contributed by atoms with E-state index < -0.39 is 0 Å². The van der Waals surface area contributed by atoms with Crippen LogP contribution in [0, 0.1) is 0 Å². The molecule has 1 rings (SSSR count). The predicted molar refractivity (Wildman–Crippen MR) is 66.8 cm³/mol. The molecule has 15 heavy (non-hydrogen) atoms. The summed E-state index contributed by atoms with van der Waals surface area (Å²) in [4.78, 5) is 2.47. The Balaban J connectivity index is 2.50. The molecule has 0 bridgehead atoms. The van der Waals surface area contributed by atoms with E-state index in [-0.39, 0.29) is 0 Å². The number of nitrogens with zero attached hydrogens (tertiary/aromatic N) is 1. The van der Waals surface area contributed by atoms with Crippen molar-refractivity contribution >= 4 is 0 Å². The lowest BCUT2D eigenvalue weighted by molar-refractivity contribution is 0.295. The molecule has 0 aliphatic carbocycles. The van der Waals surface area contributed by atoms with Crippen LogP contribution in [0.5, 0.6) is 0 Å². The van der Waals surface area contributed by atoms with Crippen LogP contribution in [0.25, 0.3) is 0 Å². The van der Waals surface area contributed by atoms with Gasteiger partial charge in [0, 0.05) is 13.1 Å². The first-order chi connectivity index (χ1) is 7.36. The Bertz CT molecular complexity index is 277. The largest absolute Gasteiger partial charge is 0.295 e. The van der Waals surface area contributed by atoms with Gasteiger partial charge in [-0.25, -0.2) is 0 Å². The molecule has 1 heteroatoms. The monoisotopic (exact) mass is 203 g/mol. The molecule has 0 aromatic heterocycles. The van der Waals surface area contributed by atoms with E-state index in [2.05, 4.69) is 61.2 Å². The maximum Gasteiger partial charge on any atom is 0.0237 e. The molecule has 0 fully saturated rings. The van der Waals surface area contributed by atoms with E-state index in [1.54, 1.807) is 0 Å². The van der Waals surface area contributed by atoms with Crippen LogP contribution in [0.4, 0.5) is 0 Å². The first kappa shape index (κ1) is 12.0. The van der Waals surface area contributed by atoms with Gasteiger partial charge in [-0.15, -0.1) is 0 Å². The molecule has 0 spiro atoms. The number of allylic oxidation sites excluding steroid dienone is 1. The summed E-state index contributed by atoms with van der Waals surface area (Å²) < 4.78 is 0. The summed E-state index contributed by atoms with van der Waals surface area (Å²) >= 11 is 0. The summed E-state index contributed by atoms with van der Waals surface area (Å²) in [5.41, 5.74) is 1.40. The molecular weight excluding hydrogens is 182 g/mol. The third-order valence-electron chi connectivity index (χ3n) is 2.39. The Labute approximate surface area is 93.4 Å². The zero-order valence-electron chi connectivity index (χ0n) is 9.82. The van der Waals surface area contributed by atoms with Crippen molar-refractivity contribution in [2.75, 3.05) is 13.1 Å². The molecule has 1 aromatic carbocycles. The average molecular weight is 203 g/mol. The van der Waals surface area contributed by atoms with Crippen molar-refractivity contribution in [3.8, 4) is 0 Å². The van der Waals surface area contributed by atoms with E-state index in [1.807, 2.05) is 0 Å². The van der Waals surface area contributed by atoms with Crippen LogP contribution in [-0.4, -0.2) is 18.0 Å². The molecule has 0 aliphatic rings. The van der Waals surface area contributed by atoms with E-state index in [0.29, 0.717) is 0 Å². The second-order valence-corrected chi connectivity index (χ2v) is 3.79. The fraction of sp³-hybridized carbons (Fsp3) is 0.429. The molecule has 0 aliphatic heterocycles. The van der Waals surface area contributed by atoms with Crippen molar-refractivity contribution in [1.29, 1.82) is 0 Å². The summed E-state index contributed by atoms with van der Waals surface area (Å²) in [6.45, 7) is 7.58. The first-order valence-corrected chi connectivity index (χ1v) is 5.74. The molecule has 0 radical (unpaired) electrons. The highest BCUT2D eigenvalue weighted by molar-refractivity contribution is 5.14. The van der Waals surface area contributed by atoms with Crippen LogP contribution in [0.1, 0.15) is 25.8 Å². The highest BCUT2D eigenvalue weighted by Crippen LogP contribution is 2.04. The van der Waals surface area contributed by atoms with E-state index in [4.69, 9.17) is 0 Å². The van der Waals surface area contributed by atoms with Gasteiger partial charge in [0.15, 0.2) is 0 Å². The molecule has 0 atom stereocenters. The predicted octanol–water partition coefficient (Wildman–Crippen LogP) is 3.47. The standard InChI is InChI=1S/C14H21N/c1-3-5-12-15(11-4-2)13-14-9-7-6-8-10-14/h3,5-10H,4,11-13H2,1-2H3/b5-3+. The minimum absolute atomic E-state index is 1.05. The average Bonchev–Trinajstić information content (AvgIpc) is 2.28. The lowest BCUT2D eigenvalue weighted by atomic mass is 10.2. The highest BCUT2D eigenvalue weighted by atomic mass is 15.1. The van der Waals surface area contributed by atoms with Gasteiger partial charge in [0.2, 0.25) is 0 Å². The van der Waals surface area contributed by atoms with Crippen molar-refractivity contribution in [2.24, 2.45) is 0 Å². The Hall–Kier alpha value is -1.08. The fourth-order valence-electron chi connectivity index (χ4n) is 1.65. The van der Waals surface area contributed by atoms with Crippen LogP contribution in [-0.2, 0) is 6.54 Å². The fourth-order valence-corrected chi connectivity index (χ4v) is 1.65. The van der Waals surface area contributed by atoms with Crippen molar-refractivity contribution in [3.63, 3.8) is 0 Å².